The molecule has 164 valence electrons. The fourth-order valence-electron chi connectivity index (χ4n) is 3.45. The van der Waals surface area contributed by atoms with E-state index in [1.807, 2.05) is 54.6 Å². The summed E-state index contributed by atoms with van der Waals surface area (Å²) in [5, 5.41) is 4.07. The average molecular weight is 446 g/mol. The number of esters is 1. The Labute approximate surface area is 194 Å². The van der Waals surface area contributed by atoms with Crippen LogP contribution in [0.5, 0.6) is 0 Å². The first-order chi connectivity index (χ1) is 15.7. The van der Waals surface area contributed by atoms with Crippen molar-refractivity contribution in [3.63, 3.8) is 0 Å². The minimum absolute atomic E-state index is 0.217. The van der Waals surface area contributed by atoms with Gasteiger partial charge in [-0.25, -0.2) is 4.79 Å². The van der Waals surface area contributed by atoms with Gasteiger partial charge in [0.25, 0.3) is 0 Å². The van der Waals surface area contributed by atoms with Crippen molar-refractivity contribution in [2.45, 2.75) is 11.7 Å². The Morgan fingerprint density at radius 1 is 0.906 bits per heavy atom. The van der Waals surface area contributed by atoms with E-state index in [-0.39, 0.29) is 18.9 Å². The zero-order valence-corrected chi connectivity index (χ0v) is 19.0. The van der Waals surface area contributed by atoms with Crippen molar-refractivity contribution >= 4 is 23.4 Å². The molecule has 0 radical (unpaired) electrons. The Balaban J connectivity index is 2.11. The molecule has 32 heavy (non-hydrogen) atoms. The van der Waals surface area contributed by atoms with Crippen LogP contribution in [0.3, 0.4) is 0 Å². The molecule has 0 aliphatic rings. The number of oxime groups is 1. The molecule has 0 fully saturated rings. The minimum atomic E-state index is -0.560. The quantitative estimate of drug-likeness (QED) is 0.0930. The Morgan fingerprint density at radius 2 is 1.38 bits per heavy atom. The minimum Gasteiger partial charge on any atom is -0.461 e. The van der Waals surface area contributed by atoms with E-state index < -0.39 is 10.7 Å². The standard InChI is InChI=1S/C27H27NO3S/c1-3-20-31-28-25(26(29)30-4-2)21-32-27(22-14-8-5-9-15-22,23-16-10-6-11-17-23)24-18-12-7-13-19-24/h3,5-19H,1,4,20-21H2,2H3. The molecule has 0 aliphatic heterocycles. The molecule has 3 rings (SSSR count). The fraction of sp³-hybridized carbons (Fsp3) is 0.185. The maximum Gasteiger partial charge on any atom is 0.356 e. The third kappa shape index (κ3) is 5.48. The second-order valence-corrected chi connectivity index (χ2v) is 8.10. The molecule has 0 aromatic heterocycles. The highest BCUT2D eigenvalue weighted by molar-refractivity contribution is 8.01. The Morgan fingerprint density at radius 3 is 1.78 bits per heavy atom. The summed E-state index contributed by atoms with van der Waals surface area (Å²) in [5.41, 5.74) is 3.55. The third-order valence-electron chi connectivity index (χ3n) is 4.84. The van der Waals surface area contributed by atoms with E-state index in [0.29, 0.717) is 5.75 Å². The summed E-state index contributed by atoms with van der Waals surface area (Å²) in [6.45, 7) is 5.89. The van der Waals surface area contributed by atoms with Crippen LogP contribution in [0.15, 0.2) is 109 Å². The summed E-state index contributed by atoms with van der Waals surface area (Å²) in [6, 6.07) is 30.9. The molecule has 3 aromatic rings. The molecule has 0 aliphatic carbocycles. The van der Waals surface area contributed by atoms with E-state index in [2.05, 4.69) is 48.1 Å². The van der Waals surface area contributed by atoms with Crippen molar-refractivity contribution < 1.29 is 14.4 Å². The van der Waals surface area contributed by atoms with Crippen LogP contribution in [0.2, 0.25) is 0 Å². The Bertz CT molecular complexity index is 924. The molecule has 0 spiro atoms. The molecule has 0 heterocycles. The van der Waals surface area contributed by atoms with Gasteiger partial charge in [-0.1, -0.05) is 109 Å². The topological polar surface area (TPSA) is 47.9 Å². The molecule has 0 bridgehead atoms. The van der Waals surface area contributed by atoms with Crippen LogP contribution in [0.1, 0.15) is 23.6 Å². The molecule has 0 N–H and O–H groups in total. The average Bonchev–Trinajstić information content (AvgIpc) is 2.85. The lowest BCUT2D eigenvalue weighted by atomic mass is 9.84. The monoisotopic (exact) mass is 445 g/mol. The van der Waals surface area contributed by atoms with Gasteiger partial charge in [-0.3, -0.25) is 0 Å². The summed E-state index contributed by atoms with van der Waals surface area (Å²) < 4.78 is 4.67. The van der Waals surface area contributed by atoms with Gasteiger partial charge in [0.05, 0.1) is 11.4 Å². The number of hydrogen-bond donors (Lipinski definition) is 0. The number of ether oxygens (including phenoxy) is 1. The van der Waals surface area contributed by atoms with Gasteiger partial charge in [0.1, 0.15) is 6.61 Å². The van der Waals surface area contributed by atoms with Gasteiger partial charge in [-0.15, -0.1) is 11.8 Å². The van der Waals surface area contributed by atoms with Gasteiger partial charge in [-0.05, 0) is 23.6 Å². The molecule has 5 heteroatoms. The lowest BCUT2D eigenvalue weighted by Crippen LogP contribution is -2.29. The summed E-state index contributed by atoms with van der Waals surface area (Å²) in [6.07, 6.45) is 1.58. The van der Waals surface area contributed by atoms with E-state index in [4.69, 9.17) is 9.57 Å². The van der Waals surface area contributed by atoms with E-state index in [1.165, 1.54) is 0 Å². The maximum absolute atomic E-state index is 12.6. The van der Waals surface area contributed by atoms with Gasteiger partial charge in [0.15, 0.2) is 5.71 Å². The number of rotatable bonds is 11. The molecule has 4 nitrogen and oxygen atoms in total. The van der Waals surface area contributed by atoms with Crippen LogP contribution in [-0.2, 0) is 19.1 Å². The number of carbonyl (C=O) groups excluding carboxylic acids is 1. The van der Waals surface area contributed by atoms with Gasteiger partial charge in [0.2, 0.25) is 0 Å². The molecule has 0 saturated heterocycles. The fourth-order valence-corrected chi connectivity index (χ4v) is 4.88. The highest BCUT2D eigenvalue weighted by Gasteiger charge is 2.38. The van der Waals surface area contributed by atoms with E-state index in [1.54, 1.807) is 24.8 Å². The smallest absolute Gasteiger partial charge is 0.356 e. The van der Waals surface area contributed by atoms with Crippen LogP contribution in [0, 0.1) is 0 Å². The molecule has 0 saturated carbocycles. The first-order valence-corrected chi connectivity index (χ1v) is 11.5. The van der Waals surface area contributed by atoms with Crippen molar-refractivity contribution in [1.29, 1.82) is 0 Å². The molecule has 3 aromatic carbocycles. The first-order valence-electron chi connectivity index (χ1n) is 10.5. The van der Waals surface area contributed by atoms with E-state index in [9.17, 15) is 4.79 Å². The van der Waals surface area contributed by atoms with Crippen LogP contribution in [0.4, 0.5) is 0 Å². The second-order valence-electron chi connectivity index (χ2n) is 6.91. The Kier molecular flexibility index (Phi) is 8.70. The third-order valence-corrected chi connectivity index (χ3v) is 6.40. The lowest BCUT2D eigenvalue weighted by molar-refractivity contribution is -0.135. The summed E-state index contributed by atoms with van der Waals surface area (Å²) in [4.78, 5) is 17.8. The van der Waals surface area contributed by atoms with Crippen molar-refractivity contribution in [3.8, 4) is 0 Å². The van der Waals surface area contributed by atoms with E-state index >= 15 is 0 Å². The van der Waals surface area contributed by atoms with Gasteiger partial charge in [-0.2, -0.15) is 0 Å². The number of hydrogen-bond acceptors (Lipinski definition) is 5. The maximum atomic E-state index is 12.6. The van der Waals surface area contributed by atoms with Gasteiger partial charge >= 0.3 is 5.97 Å². The summed E-state index contributed by atoms with van der Waals surface area (Å²) in [5.74, 6) is -0.179. The SMILES string of the molecule is C=CCON=C(CSC(c1ccccc1)(c1ccccc1)c1ccccc1)C(=O)OCC. The predicted octanol–water partition coefficient (Wildman–Crippen LogP) is 5.83. The summed E-state index contributed by atoms with van der Waals surface area (Å²) >= 11 is 1.61. The molecule has 0 amide bonds. The number of nitrogens with zero attached hydrogens (tertiary/aromatic N) is 1. The van der Waals surface area contributed by atoms with Crippen LogP contribution >= 0.6 is 11.8 Å². The Hall–Kier alpha value is -3.31. The highest BCUT2D eigenvalue weighted by atomic mass is 32.2. The van der Waals surface area contributed by atoms with Crippen molar-refractivity contribution in [2.75, 3.05) is 19.0 Å². The first kappa shape index (κ1) is 23.4. The van der Waals surface area contributed by atoms with Crippen molar-refractivity contribution in [2.24, 2.45) is 5.16 Å². The highest BCUT2D eigenvalue weighted by Crippen LogP contribution is 2.48. The zero-order valence-electron chi connectivity index (χ0n) is 18.1. The predicted molar refractivity (Wildman–Crippen MR) is 132 cm³/mol. The summed E-state index contributed by atoms with van der Waals surface area (Å²) in [7, 11) is 0. The van der Waals surface area contributed by atoms with E-state index in [0.717, 1.165) is 16.7 Å². The van der Waals surface area contributed by atoms with Gasteiger partial charge < -0.3 is 9.57 Å². The molecular weight excluding hydrogens is 418 g/mol. The number of carbonyl (C=O) groups is 1. The van der Waals surface area contributed by atoms with Crippen molar-refractivity contribution in [3.05, 3.63) is 120 Å². The largest absolute Gasteiger partial charge is 0.461 e. The number of benzene rings is 3. The van der Waals surface area contributed by atoms with Crippen LogP contribution < -0.4 is 0 Å². The normalized spacial score (nSPS) is 11.6. The number of thioether (sulfide) groups is 1. The van der Waals surface area contributed by atoms with Gasteiger partial charge in [0, 0.05) is 5.75 Å². The molecular formula is C27H27NO3S. The molecule has 0 atom stereocenters. The van der Waals surface area contributed by atoms with Crippen LogP contribution in [-0.4, -0.2) is 30.6 Å². The lowest BCUT2D eigenvalue weighted by Gasteiger charge is -2.35. The zero-order chi connectivity index (χ0) is 22.7. The van der Waals surface area contributed by atoms with Crippen molar-refractivity contribution in [1.82, 2.24) is 0 Å². The molecule has 0 unspecified atom stereocenters. The second kappa shape index (κ2) is 11.9. The van der Waals surface area contributed by atoms with Crippen LogP contribution in [0.25, 0.3) is 0 Å².